The molecule has 0 spiro atoms. The quantitative estimate of drug-likeness (QED) is 0.379. The number of rotatable bonds is 4. The van der Waals surface area contributed by atoms with Crippen LogP contribution >= 0.6 is 12.2 Å². The molecule has 0 unspecified atom stereocenters. The number of alkyl halides is 3. The third-order valence-corrected chi connectivity index (χ3v) is 3.24. The molecule has 0 amide bonds. The molecule has 126 valence electrons. The maximum atomic E-state index is 12.8. The van der Waals surface area contributed by atoms with Gasteiger partial charge >= 0.3 is 6.18 Å². The van der Waals surface area contributed by atoms with Crippen LogP contribution < -0.4 is 10.7 Å². The van der Waals surface area contributed by atoms with Crippen molar-refractivity contribution in [3.8, 4) is 0 Å². The Morgan fingerprint density at radius 2 is 1.75 bits per heavy atom. The average Bonchev–Trinajstić information content (AvgIpc) is 2.54. The van der Waals surface area contributed by atoms with E-state index in [1.54, 1.807) is 12.1 Å². The highest BCUT2D eigenvalue weighted by molar-refractivity contribution is 7.80. The Balaban J connectivity index is 1.90. The van der Waals surface area contributed by atoms with Gasteiger partial charge in [-0.05, 0) is 36.0 Å². The maximum absolute atomic E-state index is 12.8. The van der Waals surface area contributed by atoms with E-state index in [2.05, 4.69) is 15.8 Å². The number of nitrogens with one attached hydrogen (secondary N) is 2. The van der Waals surface area contributed by atoms with Crippen molar-refractivity contribution in [2.45, 2.75) is 12.7 Å². The van der Waals surface area contributed by atoms with Crippen molar-refractivity contribution in [1.82, 2.24) is 10.7 Å². The van der Waals surface area contributed by atoms with Crippen LogP contribution in [0.15, 0.2) is 53.6 Å². The average molecular weight is 355 g/mol. The lowest BCUT2D eigenvalue weighted by Crippen LogP contribution is -2.31. The lowest BCUT2D eigenvalue weighted by molar-refractivity contribution is -0.137. The van der Waals surface area contributed by atoms with Crippen LogP contribution in [-0.4, -0.2) is 11.3 Å². The zero-order valence-electron chi connectivity index (χ0n) is 12.3. The summed E-state index contributed by atoms with van der Waals surface area (Å²) in [6, 6.07) is 10.9. The second-order valence-electron chi connectivity index (χ2n) is 4.76. The first-order valence-corrected chi connectivity index (χ1v) is 7.24. The Kier molecular flexibility index (Phi) is 5.86. The highest BCUT2D eigenvalue weighted by atomic mass is 32.1. The fourth-order valence-corrected chi connectivity index (χ4v) is 1.98. The number of hydrogen-bond acceptors (Lipinski definition) is 2. The molecule has 24 heavy (non-hydrogen) atoms. The van der Waals surface area contributed by atoms with E-state index in [9.17, 15) is 17.6 Å². The van der Waals surface area contributed by atoms with Gasteiger partial charge in [0.05, 0.1) is 11.8 Å². The van der Waals surface area contributed by atoms with Gasteiger partial charge in [-0.15, -0.1) is 0 Å². The Morgan fingerprint density at radius 3 is 2.42 bits per heavy atom. The number of halogens is 4. The molecule has 0 saturated heterocycles. The molecule has 0 aliphatic rings. The Hall–Kier alpha value is -2.48. The molecular weight excluding hydrogens is 342 g/mol. The molecule has 0 radical (unpaired) electrons. The standard InChI is InChI=1S/C16H13F4N3S/c17-13-7-5-11(6-8-13)9-21-15(24)23-22-10-12-3-1-2-4-14(12)16(18,19)20/h1-8,10H,9H2,(H2,21,23,24)/b22-10-. The van der Waals surface area contributed by atoms with Crippen LogP contribution in [-0.2, 0) is 12.7 Å². The molecule has 3 nitrogen and oxygen atoms in total. The topological polar surface area (TPSA) is 36.4 Å². The Morgan fingerprint density at radius 1 is 1.08 bits per heavy atom. The molecule has 0 aliphatic carbocycles. The molecule has 0 bridgehead atoms. The van der Waals surface area contributed by atoms with Gasteiger partial charge in [-0.1, -0.05) is 30.3 Å². The van der Waals surface area contributed by atoms with Gasteiger partial charge in [0.15, 0.2) is 5.11 Å². The summed E-state index contributed by atoms with van der Waals surface area (Å²) >= 11 is 4.97. The van der Waals surface area contributed by atoms with Crippen molar-refractivity contribution in [3.05, 3.63) is 71.0 Å². The number of hydrogen-bond donors (Lipinski definition) is 2. The van der Waals surface area contributed by atoms with Gasteiger partial charge in [-0.3, -0.25) is 5.43 Å². The summed E-state index contributed by atoms with van der Waals surface area (Å²) < 4.78 is 51.2. The monoisotopic (exact) mass is 355 g/mol. The van der Waals surface area contributed by atoms with E-state index < -0.39 is 11.7 Å². The summed E-state index contributed by atoms with van der Waals surface area (Å²) in [6.45, 7) is 0.334. The predicted molar refractivity (Wildman–Crippen MR) is 88.0 cm³/mol. The van der Waals surface area contributed by atoms with Crippen LogP contribution in [0.2, 0.25) is 0 Å². The summed E-state index contributed by atoms with van der Waals surface area (Å²) in [5.41, 5.74) is 2.39. The minimum atomic E-state index is -4.45. The molecule has 2 N–H and O–H groups in total. The molecule has 2 aromatic carbocycles. The van der Waals surface area contributed by atoms with E-state index >= 15 is 0 Å². The first-order chi connectivity index (χ1) is 11.4. The first kappa shape index (κ1) is 17.9. The molecule has 2 rings (SSSR count). The first-order valence-electron chi connectivity index (χ1n) is 6.84. The highest BCUT2D eigenvalue weighted by Gasteiger charge is 2.32. The fraction of sp³-hybridized carbons (Fsp3) is 0.125. The molecule has 0 atom stereocenters. The summed E-state index contributed by atoms with van der Waals surface area (Å²) in [6.07, 6.45) is -3.40. The number of benzene rings is 2. The molecule has 8 heteroatoms. The lowest BCUT2D eigenvalue weighted by Gasteiger charge is -2.10. The van der Waals surface area contributed by atoms with Gasteiger partial charge in [-0.2, -0.15) is 18.3 Å². The van der Waals surface area contributed by atoms with E-state index in [1.165, 1.54) is 30.3 Å². The van der Waals surface area contributed by atoms with Crippen LogP contribution in [0.3, 0.4) is 0 Å². The van der Waals surface area contributed by atoms with Crippen molar-refractivity contribution in [1.29, 1.82) is 0 Å². The van der Waals surface area contributed by atoms with Crippen LogP contribution in [0.1, 0.15) is 16.7 Å². The smallest absolute Gasteiger partial charge is 0.357 e. The molecule has 2 aromatic rings. The number of hydrazone groups is 1. The highest BCUT2D eigenvalue weighted by Crippen LogP contribution is 2.30. The van der Waals surface area contributed by atoms with E-state index in [-0.39, 0.29) is 16.5 Å². The van der Waals surface area contributed by atoms with E-state index in [0.717, 1.165) is 17.8 Å². The third-order valence-electron chi connectivity index (χ3n) is 3.00. The molecular formula is C16H13F4N3S. The van der Waals surface area contributed by atoms with Crippen molar-refractivity contribution in [2.24, 2.45) is 5.10 Å². The SMILES string of the molecule is Fc1ccc(CNC(=S)N/N=C\c2ccccc2C(F)(F)F)cc1. The molecule has 0 aromatic heterocycles. The second kappa shape index (κ2) is 7.87. The normalized spacial score (nSPS) is 11.5. The maximum Gasteiger partial charge on any atom is 0.417 e. The third kappa shape index (κ3) is 5.31. The Labute approximate surface area is 141 Å². The zero-order valence-corrected chi connectivity index (χ0v) is 13.1. The van der Waals surface area contributed by atoms with Gasteiger partial charge < -0.3 is 5.32 Å². The van der Waals surface area contributed by atoms with E-state index in [1.807, 2.05) is 0 Å². The fourth-order valence-electron chi connectivity index (χ4n) is 1.85. The number of thiocarbonyl (C=S) groups is 1. The predicted octanol–water partition coefficient (Wildman–Crippen LogP) is 3.84. The minimum absolute atomic E-state index is 0.0705. The van der Waals surface area contributed by atoms with Crippen LogP contribution in [0.4, 0.5) is 17.6 Å². The molecule has 0 aliphatic heterocycles. The largest absolute Gasteiger partial charge is 0.417 e. The van der Waals surface area contributed by atoms with Crippen molar-refractivity contribution in [3.63, 3.8) is 0 Å². The van der Waals surface area contributed by atoms with Crippen molar-refractivity contribution >= 4 is 23.5 Å². The lowest BCUT2D eigenvalue weighted by atomic mass is 10.1. The van der Waals surface area contributed by atoms with Gasteiger partial charge in [-0.25, -0.2) is 4.39 Å². The second-order valence-corrected chi connectivity index (χ2v) is 5.17. The van der Waals surface area contributed by atoms with Gasteiger partial charge in [0, 0.05) is 12.1 Å². The molecule has 0 heterocycles. The van der Waals surface area contributed by atoms with Crippen molar-refractivity contribution in [2.75, 3.05) is 0 Å². The zero-order chi connectivity index (χ0) is 17.6. The minimum Gasteiger partial charge on any atom is -0.357 e. The Bertz CT molecular complexity index is 727. The molecule has 0 saturated carbocycles. The summed E-state index contributed by atoms with van der Waals surface area (Å²) in [4.78, 5) is 0. The molecule has 0 fully saturated rings. The van der Waals surface area contributed by atoms with Gasteiger partial charge in [0.2, 0.25) is 0 Å². The summed E-state index contributed by atoms with van der Waals surface area (Å²) in [5.74, 6) is -0.340. The number of nitrogens with zero attached hydrogens (tertiary/aromatic N) is 1. The van der Waals surface area contributed by atoms with Crippen LogP contribution in [0.5, 0.6) is 0 Å². The van der Waals surface area contributed by atoms with E-state index in [0.29, 0.717) is 6.54 Å². The van der Waals surface area contributed by atoms with Gasteiger partial charge in [0.1, 0.15) is 5.82 Å². The summed E-state index contributed by atoms with van der Waals surface area (Å²) in [7, 11) is 0. The van der Waals surface area contributed by atoms with Crippen LogP contribution in [0.25, 0.3) is 0 Å². The van der Waals surface area contributed by atoms with Crippen molar-refractivity contribution < 1.29 is 17.6 Å². The van der Waals surface area contributed by atoms with Gasteiger partial charge in [0.25, 0.3) is 0 Å². The van der Waals surface area contributed by atoms with Crippen LogP contribution in [0, 0.1) is 5.82 Å². The summed E-state index contributed by atoms with van der Waals surface area (Å²) in [5, 5.41) is 6.65. The van der Waals surface area contributed by atoms with E-state index in [4.69, 9.17) is 12.2 Å².